The number of nitrogens with zero attached hydrogens (tertiary/aromatic N) is 1. The molecule has 1 fully saturated rings. The topological polar surface area (TPSA) is 66.8 Å². The van der Waals surface area contributed by atoms with Gasteiger partial charge in [-0.2, -0.15) is 0 Å². The lowest BCUT2D eigenvalue weighted by Crippen LogP contribution is -2.31. The Morgan fingerprint density at radius 3 is 2.78 bits per heavy atom. The number of thioether (sulfide) groups is 1. The lowest BCUT2D eigenvalue weighted by Gasteiger charge is -2.16. The molecule has 1 unspecified atom stereocenters. The summed E-state index contributed by atoms with van der Waals surface area (Å²) >= 11 is 1.15. The number of hydrogen-bond acceptors (Lipinski definition) is 4. The van der Waals surface area contributed by atoms with Crippen LogP contribution in [0.3, 0.4) is 0 Å². The highest BCUT2D eigenvalue weighted by Crippen LogP contribution is 2.15. The Labute approximate surface area is 141 Å². The van der Waals surface area contributed by atoms with Crippen LogP contribution in [0.1, 0.15) is 18.4 Å². The van der Waals surface area contributed by atoms with Crippen molar-refractivity contribution in [3.05, 3.63) is 35.9 Å². The van der Waals surface area contributed by atoms with Gasteiger partial charge in [-0.25, -0.2) is 0 Å². The molecule has 2 rings (SSSR count). The number of carboxylic acid groups (broad SMARTS) is 1. The SMILES string of the molecule is O=C(O)CSCC(=O)N1CCC(OCCCc2ccccc2)C1. The molecule has 1 heterocycles. The summed E-state index contributed by atoms with van der Waals surface area (Å²) in [4.78, 5) is 24.2. The fraction of sp³-hybridized carbons (Fsp3) is 0.529. The van der Waals surface area contributed by atoms with Gasteiger partial charge in [-0.1, -0.05) is 30.3 Å². The maximum Gasteiger partial charge on any atom is 0.313 e. The third-order valence-electron chi connectivity index (χ3n) is 3.75. The number of ether oxygens (including phenoxy) is 1. The molecule has 1 aliphatic rings. The molecule has 1 aromatic rings. The van der Waals surface area contributed by atoms with E-state index in [9.17, 15) is 9.59 Å². The van der Waals surface area contributed by atoms with E-state index >= 15 is 0 Å². The minimum absolute atomic E-state index is 0.00614. The highest BCUT2D eigenvalue weighted by atomic mass is 32.2. The first-order chi connectivity index (χ1) is 11.1. The normalized spacial score (nSPS) is 17.4. The number of rotatable bonds is 9. The number of aliphatic carboxylic acids is 1. The van der Waals surface area contributed by atoms with Crippen LogP contribution in [-0.4, -0.2) is 59.2 Å². The minimum atomic E-state index is -0.885. The van der Waals surface area contributed by atoms with Crippen molar-refractivity contribution >= 4 is 23.6 Å². The second kappa shape index (κ2) is 9.57. The Bertz CT molecular complexity index is 509. The summed E-state index contributed by atoms with van der Waals surface area (Å²) in [6, 6.07) is 10.3. The lowest BCUT2D eigenvalue weighted by atomic mass is 10.1. The Balaban J connectivity index is 1.58. The van der Waals surface area contributed by atoms with Crippen LogP contribution < -0.4 is 0 Å². The second-order valence-electron chi connectivity index (χ2n) is 5.60. The van der Waals surface area contributed by atoms with Crippen LogP contribution in [0.4, 0.5) is 0 Å². The Morgan fingerprint density at radius 1 is 1.26 bits per heavy atom. The number of likely N-dealkylation sites (tertiary alicyclic amines) is 1. The smallest absolute Gasteiger partial charge is 0.313 e. The standard InChI is InChI=1S/C17H23NO4S/c19-16(12-23-13-17(20)21)18-9-8-15(11-18)22-10-4-7-14-5-2-1-3-6-14/h1-3,5-6,15H,4,7-13H2,(H,20,21). The van der Waals surface area contributed by atoms with Crippen molar-refractivity contribution in [3.8, 4) is 0 Å². The van der Waals surface area contributed by atoms with E-state index in [0.29, 0.717) is 19.7 Å². The van der Waals surface area contributed by atoms with E-state index in [1.807, 2.05) is 18.2 Å². The summed E-state index contributed by atoms with van der Waals surface area (Å²) in [6.45, 7) is 2.03. The van der Waals surface area contributed by atoms with Gasteiger partial charge in [0.15, 0.2) is 0 Å². The molecule has 1 N–H and O–H groups in total. The van der Waals surface area contributed by atoms with Gasteiger partial charge < -0.3 is 14.7 Å². The molecule has 1 aromatic carbocycles. The molecule has 0 aromatic heterocycles. The number of benzene rings is 1. The van der Waals surface area contributed by atoms with Gasteiger partial charge in [0.25, 0.3) is 0 Å². The molecular weight excluding hydrogens is 314 g/mol. The van der Waals surface area contributed by atoms with E-state index < -0.39 is 5.97 Å². The lowest BCUT2D eigenvalue weighted by molar-refractivity contribution is -0.133. The molecule has 1 atom stereocenters. The van der Waals surface area contributed by atoms with Gasteiger partial charge in [-0.3, -0.25) is 9.59 Å². The maximum atomic E-state index is 11.9. The third-order valence-corrected chi connectivity index (χ3v) is 4.66. The third kappa shape index (κ3) is 6.62. The van der Waals surface area contributed by atoms with Crippen molar-refractivity contribution in [3.63, 3.8) is 0 Å². The van der Waals surface area contributed by atoms with Gasteiger partial charge in [-0.15, -0.1) is 11.8 Å². The first kappa shape index (κ1) is 17.8. The molecular formula is C17H23NO4S. The van der Waals surface area contributed by atoms with Crippen LogP contribution >= 0.6 is 11.8 Å². The number of carbonyl (C=O) groups excluding carboxylic acids is 1. The molecule has 126 valence electrons. The van der Waals surface area contributed by atoms with Crippen LogP contribution in [0.2, 0.25) is 0 Å². The molecule has 0 saturated carbocycles. The summed E-state index contributed by atoms with van der Waals surface area (Å²) in [7, 11) is 0. The summed E-state index contributed by atoms with van der Waals surface area (Å²) < 4.78 is 5.85. The molecule has 6 heteroatoms. The number of carboxylic acids is 1. The van der Waals surface area contributed by atoms with Crippen LogP contribution in [0.5, 0.6) is 0 Å². The average Bonchev–Trinajstić information content (AvgIpc) is 3.01. The van der Waals surface area contributed by atoms with Gasteiger partial charge in [-0.05, 0) is 24.8 Å². The van der Waals surface area contributed by atoms with E-state index in [1.54, 1.807) is 4.90 Å². The largest absolute Gasteiger partial charge is 0.481 e. The number of amides is 1. The predicted molar refractivity (Wildman–Crippen MR) is 90.7 cm³/mol. The van der Waals surface area contributed by atoms with Crippen molar-refractivity contribution in [1.82, 2.24) is 4.90 Å². The fourth-order valence-electron chi connectivity index (χ4n) is 2.58. The summed E-state index contributed by atoms with van der Waals surface area (Å²) in [5, 5.41) is 8.57. The number of carbonyl (C=O) groups is 2. The molecule has 5 nitrogen and oxygen atoms in total. The first-order valence-electron chi connectivity index (χ1n) is 7.88. The molecule has 23 heavy (non-hydrogen) atoms. The molecule has 0 radical (unpaired) electrons. The van der Waals surface area contributed by atoms with Crippen LogP contribution in [0, 0.1) is 0 Å². The van der Waals surface area contributed by atoms with Crippen molar-refractivity contribution in [2.45, 2.75) is 25.4 Å². The Morgan fingerprint density at radius 2 is 2.04 bits per heavy atom. The Hall–Kier alpha value is -1.53. The molecule has 1 aliphatic heterocycles. The molecule has 0 bridgehead atoms. The van der Waals surface area contributed by atoms with Crippen LogP contribution in [-0.2, 0) is 20.7 Å². The zero-order valence-electron chi connectivity index (χ0n) is 13.1. The molecule has 0 aliphatic carbocycles. The monoisotopic (exact) mass is 337 g/mol. The van der Waals surface area contributed by atoms with Gasteiger partial charge in [0.05, 0.1) is 17.6 Å². The van der Waals surface area contributed by atoms with Gasteiger partial charge in [0.1, 0.15) is 0 Å². The van der Waals surface area contributed by atoms with Crippen LogP contribution in [0.25, 0.3) is 0 Å². The zero-order chi connectivity index (χ0) is 16.5. The van der Waals surface area contributed by atoms with Crippen molar-refractivity contribution in [2.24, 2.45) is 0 Å². The summed E-state index contributed by atoms with van der Waals surface area (Å²) in [6.07, 6.45) is 2.95. The average molecular weight is 337 g/mol. The van der Waals surface area contributed by atoms with Gasteiger partial charge in [0, 0.05) is 19.7 Å². The predicted octanol–water partition coefficient (Wildman–Crippen LogP) is 2.05. The summed E-state index contributed by atoms with van der Waals surface area (Å²) in [5.41, 5.74) is 1.31. The van der Waals surface area contributed by atoms with Gasteiger partial charge in [0.2, 0.25) is 5.91 Å². The summed E-state index contributed by atoms with van der Waals surface area (Å²) in [5.74, 6) is -0.679. The van der Waals surface area contributed by atoms with E-state index in [0.717, 1.165) is 31.0 Å². The zero-order valence-corrected chi connectivity index (χ0v) is 14.0. The van der Waals surface area contributed by atoms with Crippen molar-refractivity contribution in [1.29, 1.82) is 0 Å². The highest BCUT2D eigenvalue weighted by Gasteiger charge is 2.26. The van der Waals surface area contributed by atoms with Crippen molar-refractivity contribution < 1.29 is 19.4 Å². The van der Waals surface area contributed by atoms with E-state index in [2.05, 4.69) is 12.1 Å². The quantitative estimate of drug-likeness (QED) is 0.699. The number of aryl methyl sites for hydroxylation is 1. The van der Waals surface area contributed by atoms with E-state index in [-0.39, 0.29) is 23.5 Å². The molecule has 1 saturated heterocycles. The second-order valence-corrected chi connectivity index (χ2v) is 6.58. The van der Waals surface area contributed by atoms with Gasteiger partial charge >= 0.3 is 5.97 Å². The molecule has 1 amide bonds. The maximum absolute atomic E-state index is 11.9. The van der Waals surface area contributed by atoms with E-state index in [1.165, 1.54) is 5.56 Å². The highest BCUT2D eigenvalue weighted by molar-refractivity contribution is 8.00. The molecule has 0 spiro atoms. The first-order valence-corrected chi connectivity index (χ1v) is 9.03. The minimum Gasteiger partial charge on any atom is -0.481 e. The van der Waals surface area contributed by atoms with E-state index in [4.69, 9.17) is 9.84 Å². The Kier molecular flexibility index (Phi) is 7.42. The number of hydrogen-bond donors (Lipinski definition) is 1. The van der Waals surface area contributed by atoms with Crippen LogP contribution in [0.15, 0.2) is 30.3 Å². The fourth-order valence-corrected chi connectivity index (χ4v) is 3.21. The van der Waals surface area contributed by atoms with Crippen molar-refractivity contribution in [2.75, 3.05) is 31.2 Å².